The minimum absolute atomic E-state index is 0.173. The van der Waals surface area contributed by atoms with E-state index >= 15 is 0 Å². The molecule has 0 saturated heterocycles. The van der Waals surface area contributed by atoms with E-state index < -0.39 is 0 Å². The predicted octanol–water partition coefficient (Wildman–Crippen LogP) is 1.24. The molecule has 6 heteroatoms. The van der Waals surface area contributed by atoms with Gasteiger partial charge >= 0.3 is 0 Å². The number of rotatable bonds is 7. The van der Waals surface area contributed by atoms with Crippen molar-refractivity contribution in [3.63, 3.8) is 0 Å². The lowest BCUT2D eigenvalue weighted by molar-refractivity contribution is 0.317. The fraction of sp³-hybridized carbons (Fsp3) is 0.385. The maximum Gasteiger partial charge on any atom is 0.161 e. The maximum atomic E-state index is 9.60. The number of nitrogens with one attached hydrogen (secondary N) is 2. The molecule has 0 saturated carbocycles. The number of aromatic amines is 1. The van der Waals surface area contributed by atoms with Crippen LogP contribution in [0.3, 0.4) is 0 Å². The molecule has 0 radical (unpaired) electrons. The number of aromatic hydroxyl groups is 1. The first-order chi connectivity index (χ1) is 9.29. The van der Waals surface area contributed by atoms with E-state index in [4.69, 9.17) is 4.74 Å². The van der Waals surface area contributed by atoms with Gasteiger partial charge in [-0.2, -0.15) is 5.10 Å². The minimum atomic E-state index is 0.173. The van der Waals surface area contributed by atoms with Gasteiger partial charge in [0, 0.05) is 19.5 Å². The van der Waals surface area contributed by atoms with Crippen LogP contribution in [0.1, 0.15) is 18.3 Å². The van der Waals surface area contributed by atoms with Crippen LogP contribution in [0, 0.1) is 0 Å². The van der Waals surface area contributed by atoms with Gasteiger partial charge in [-0.25, -0.2) is 4.98 Å². The summed E-state index contributed by atoms with van der Waals surface area (Å²) in [6.45, 7) is 3.95. The van der Waals surface area contributed by atoms with Gasteiger partial charge in [0.25, 0.3) is 0 Å². The smallest absolute Gasteiger partial charge is 0.161 e. The summed E-state index contributed by atoms with van der Waals surface area (Å²) in [7, 11) is 0. The van der Waals surface area contributed by atoms with Crippen molar-refractivity contribution in [3.05, 3.63) is 35.9 Å². The molecule has 6 nitrogen and oxygen atoms in total. The molecular formula is C13H18N4O2. The Morgan fingerprint density at radius 1 is 1.42 bits per heavy atom. The summed E-state index contributed by atoms with van der Waals surface area (Å²) in [5.41, 5.74) is 1.07. The molecule has 1 aromatic heterocycles. The highest BCUT2D eigenvalue weighted by atomic mass is 16.5. The van der Waals surface area contributed by atoms with Gasteiger partial charge in [0.1, 0.15) is 12.2 Å². The molecular weight excluding hydrogens is 244 g/mol. The van der Waals surface area contributed by atoms with E-state index in [1.54, 1.807) is 6.07 Å². The first kappa shape index (κ1) is 13.4. The molecule has 2 aromatic rings. The minimum Gasteiger partial charge on any atom is -0.504 e. The van der Waals surface area contributed by atoms with Crippen LogP contribution in [-0.2, 0) is 13.0 Å². The second-order valence-corrected chi connectivity index (χ2v) is 4.09. The van der Waals surface area contributed by atoms with E-state index in [9.17, 15) is 5.11 Å². The largest absolute Gasteiger partial charge is 0.504 e. The van der Waals surface area contributed by atoms with E-state index in [1.807, 2.05) is 19.1 Å². The van der Waals surface area contributed by atoms with E-state index in [0.717, 1.165) is 24.4 Å². The molecule has 0 unspecified atom stereocenters. The Morgan fingerprint density at radius 3 is 3.05 bits per heavy atom. The molecule has 0 bridgehead atoms. The van der Waals surface area contributed by atoms with Gasteiger partial charge < -0.3 is 15.2 Å². The highest BCUT2D eigenvalue weighted by Gasteiger charge is 2.03. The molecule has 0 atom stereocenters. The van der Waals surface area contributed by atoms with Crippen LogP contribution >= 0.6 is 0 Å². The summed E-state index contributed by atoms with van der Waals surface area (Å²) in [5.74, 6) is 1.57. The van der Waals surface area contributed by atoms with Crippen LogP contribution in [0.25, 0.3) is 0 Å². The molecule has 0 amide bonds. The molecule has 0 aliphatic carbocycles. The Balaban J connectivity index is 1.80. The molecule has 2 rings (SSSR count). The number of aromatic nitrogens is 3. The fourth-order valence-corrected chi connectivity index (χ4v) is 1.73. The Labute approximate surface area is 111 Å². The van der Waals surface area contributed by atoms with E-state index in [1.165, 1.54) is 6.33 Å². The highest BCUT2D eigenvalue weighted by molar-refractivity contribution is 5.41. The fourth-order valence-electron chi connectivity index (χ4n) is 1.73. The summed E-state index contributed by atoms with van der Waals surface area (Å²) < 4.78 is 5.34. The number of hydrogen-bond donors (Lipinski definition) is 3. The van der Waals surface area contributed by atoms with Gasteiger partial charge in [-0.3, -0.25) is 5.10 Å². The van der Waals surface area contributed by atoms with Crippen molar-refractivity contribution in [1.82, 2.24) is 20.5 Å². The van der Waals surface area contributed by atoms with Crippen molar-refractivity contribution in [1.29, 1.82) is 0 Å². The normalized spacial score (nSPS) is 10.6. The van der Waals surface area contributed by atoms with Crippen molar-refractivity contribution in [3.8, 4) is 11.5 Å². The van der Waals surface area contributed by atoms with Crippen LogP contribution in [-0.4, -0.2) is 33.4 Å². The van der Waals surface area contributed by atoms with Crippen molar-refractivity contribution in [2.75, 3.05) is 13.2 Å². The van der Waals surface area contributed by atoms with Gasteiger partial charge in [-0.15, -0.1) is 0 Å². The first-order valence-corrected chi connectivity index (χ1v) is 6.29. The lowest BCUT2D eigenvalue weighted by Crippen LogP contribution is -2.17. The summed E-state index contributed by atoms with van der Waals surface area (Å²) in [6, 6.07) is 5.37. The van der Waals surface area contributed by atoms with Crippen LogP contribution in [0.5, 0.6) is 11.5 Å². The first-order valence-electron chi connectivity index (χ1n) is 6.29. The van der Waals surface area contributed by atoms with Crippen molar-refractivity contribution in [2.45, 2.75) is 19.9 Å². The lowest BCUT2D eigenvalue weighted by Gasteiger charge is -2.09. The third-order valence-electron chi connectivity index (χ3n) is 2.66. The maximum absolute atomic E-state index is 9.60. The molecule has 0 fully saturated rings. The molecule has 19 heavy (non-hydrogen) atoms. The summed E-state index contributed by atoms with van der Waals surface area (Å²) in [4.78, 5) is 4.05. The number of phenolic OH excluding ortho intramolecular Hbond substituents is 1. The van der Waals surface area contributed by atoms with Crippen LogP contribution in [0.15, 0.2) is 24.5 Å². The van der Waals surface area contributed by atoms with Crippen molar-refractivity contribution < 1.29 is 9.84 Å². The Hall–Kier alpha value is -2.08. The number of hydrogen-bond acceptors (Lipinski definition) is 5. The standard InChI is InChI=1S/C13H18N4O2/c1-2-19-12-7-10(3-4-11(12)18)8-14-6-5-13-15-9-16-17-13/h3-4,7,9,14,18H,2,5-6,8H2,1H3,(H,15,16,17). The SMILES string of the molecule is CCOc1cc(CNCCc2ncn[nH]2)ccc1O. The number of nitrogens with zero attached hydrogens (tertiary/aromatic N) is 2. The van der Waals surface area contributed by atoms with Crippen molar-refractivity contribution in [2.24, 2.45) is 0 Å². The molecule has 3 N–H and O–H groups in total. The van der Waals surface area contributed by atoms with E-state index in [2.05, 4.69) is 20.5 Å². The van der Waals surface area contributed by atoms with Crippen LogP contribution in [0.2, 0.25) is 0 Å². The Bertz CT molecular complexity index is 499. The second kappa shape index (κ2) is 6.75. The summed E-state index contributed by atoms with van der Waals surface area (Å²) >= 11 is 0. The average molecular weight is 262 g/mol. The quantitative estimate of drug-likeness (QED) is 0.654. The molecule has 0 aliphatic heterocycles. The molecule has 0 spiro atoms. The van der Waals surface area contributed by atoms with Gasteiger partial charge in [-0.1, -0.05) is 6.07 Å². The Kier molecular flexibility index (Phi) is 4.74. The topological polar surface area (TPSA) is 83.1 Å². The summed E-state index contributed by atoms with van der Waals surface area (Å²) in [5, 5.41) is 19.5. The zero-order chi connectivity index (χ0) is 13.5. The molecule has 1 heterocycles. The number of ether oxygens (including phenoxy) is 1. The monoisotopic (exact) mass is 262 g/mol. The lowest BCUT2D eigenvalue weighted by atomic mass is 10.2. The van der Waals surface area contributed by atoms with Gasteiger partial charge in [0.2, 0.25) is 0 Å². The zero-order valence-corrected chi connectivity index (χ0v) is 10.9. The third-order valence-corrected chi connectivity index (χ3v) is 2.66. The molecule has 102 valence electrons. The third kappa shape index (κ3) is 3.96. The molecule has 0 aliphatic rings. The number of benzene rings is 1. The van der Waals surface area contributed by atoms with Gasteiger partial charge in [0.05, 0.1) is 6.61 Å². The average Bonchev–Trinajstić information content (AvgIpc) is 2.92. The van der Waals surface area contributed by atoms with Crippen LogP contribution in [0.4, 0.5) is 0 Å². The van der Waals surface area contributed by atoms with Gasteiger partial charge in [0.15, 0.2) is 11.5 Å². The van der Waals surface area contributed by atoms with E-state index in [0.29, 0.717) is 18.9 Å². The molecule has 1 aromatic carbocycles. The van der Waals surface area contributed by atoms with E-state index in [-0.39, 0.29) is 5.75 Å². The second-order valence-electron chi connectivity index (χ2n) is 4.09. The van der Waals surface area contributed by atoms with Crippen molar-refractivity contribution >= 4 is 0 Å². The predicted molar refractivity (Wildman–Crippen MR) is 71.1 cm³/mol. The Morgan fingerprint density at radius 2 is 2.32 bits per heavy atom. The number of phenols is 1. The highest BCUT2D eigenvalue weighted by Crippen LogP contribution is 2.26. The zero-order valence-electron chi connectivity index (χ0n) is 10.9. The summed E-state index contributed by atoms with van der Waals surface area (Å²) in [6.07, 6.45) is 2.31. The number of H-pyrrole nitrogens is 1. The van der Waals surface area contributed by atoms with Gasteiger partial charge in [-0.05, 0) is 24.6 Å². The van der Waals surface area contributed by atoms with Crippen LogP contribution < -0.4 is 10.1 Å².